The molecule has 0 aliphatic carbocycles. The molecule has 1 aliphatic rings. The average Bonchev–Trinajstić information content (AvgIpc) is 2.77. The minimum Gasteiger partial charge on any atom is -0.456 e. The summed E-state index contributed by atoms with van der Waals surface area (Å²) < 4.78 is 12.4. The van der Waals surface area contributed by atoms with Crippen molar-refractivity contribution in [3.05, 3.63) is 106 Å². The van der Waals surface area contributed by atoms with Crippen molar-refractivity contribution >= 4 is 21.9 Å². The number of ether oxygens (including phenoxy) is 1. The van der Waals surface area contributed by atoms with Crippen molar-refractivity contribution in [3.63, 3.8) is 0 Å². The van der Waals surface area contributed by atoms with Crippen molar-refractivity contribution in [1.82, 2.24) is 0 Å². The molecule has 6 rings (SSSR count). The molecule has 0 fully saturated rings. The number of hydrogen-bond donors (Lipinski definition) is 0. The highest BCUT2D eigenvalue weighted by Gasteiger charge is 2.22. The van der Waals surface area contributed by atoms with E-state index in [1.807, 2.05) is 72.8 Å². The number of hydrogen-bond acceptors (Lipinski definition) is 3. The first kappa shape index (κ1) is 16.1. The molecule has 4 aromatic carbocycles. The lowest BCUT2D eigenvalue weighted by Gasteiger charge is -2.23. The summed E-state index contributed by atoms with van der Waals surface area (Å²) in [6.45, 7) is 0. The van der Waals surface area contributed by atoms with Gasteiger partial charge in [0.05, 0.1) is 10.8 Å². The van der Waals surface area contributed by atoms with Gasteiger partial charge in [0.15, 0.2) is 0 Å². The predicted molar refractivity (Wildman–Crippen MR) is 115 cm³/mol. The molecule has 0 amide bonds. The normalized spacial score (nSPS) is 12.4. The molecule has 0 saturated heterocycles. The first-order chi connectivity index (χ1) is 14.3. The molecule has 0 atom stereocenters. The van der Waals surface area contributed by atoms with Crippen molar-refractivity contribution in [2.75, 3.05) is 0 Å². The molecule has 138 valence electrons. The van der Waals surface area contributed by atoms with E-state index in [4.69, 9.17) is 9.15 Å². The summed E-state index contributed by atoms with van der Waals surface area (Å²) in [5, 5.41) is 1.17. The first-order valence-corrected chi connectivity index (χ1v) is 9.62. The van der Waals surface area contributed by atoms with Gasteiger partial charge < -0.3 is 9.15 Å². The fourth-order valence-corrected chi connectivity index (χ4v) is 4.19. The van der Waals surface area contributed by atoms with Crippen LogP contribution in [0.4, 0.5) is 0 Å². The van der Waals surface area contributed by atoms with E-state index in [9.17, 15) is 4.79 Å². The monoisotopic (exact) mass is 376 g/mol. The molecule has 1 aliphatic heterocycles. The van der Waals surface area contributed by atoms with Crippen LogP contribution in [0.25, 0.3) is 33.1 Å². The fourth-order valence-electron chi connectivity index (χ4n) is 4.19. The van der Waals surface area contributed by atoms with Crippen LogP contribution in [0.1, 0.15) is 11.1 Å². The zero-order chi connectivity index (χ0) is 19.4. The van der Waals surface area contributed by atoms with Gasteiger partial charge in [-0.25, -0.2) is 0 Å². The van der Waals surface area contributed by atoms with Crippen LogP contribution in [-0.2, 0) is 6.42 Å². The molecule has 0 radical (unpaired) electrons. The van der Waals surface area contributed by atoms with Gasteiger partial charge in [-0.1, -0.05) is 60.7 Å². The van der Waals surface area contributed by atoms with Gasteiger partial charge in [-0.2, -0.15) is 0 Å². The van der Waals surface area contributed by atoms with Crippen molar-refractivity contribution in [2.24, 2.45) is 0 Å². The molecule has 29 heavy (non-hydrogen) atoms. The largest absolute Gasteiger partial charge is 0.456 e. The fraction of sp³-hybridized carbons (Fsp3) is 0.0385. The summed E-state index contributed by atoms with van der Waals surface area (Å²) in [5.74, 6) is 1.68. The van der Waals surface area contributed by atoms with Crippen LogP contribution in [0, 0.1) is 0 Å². The van der Waals surface area contributed by atoms with E-state index in [-0.39, 0.29) is 5.43 Å². The Morgan fingerprint density at radius 3 is 2.34 bits per heavy atom. The second-order valence-corrected chi connectivity index (χ2v) is 7.29. The summed E-state index contributed by atoms with van der Waals surface area (Å²) in [6.07, 6.45) is 0.807. The van der Waals surface area contributed by atoms with E-state index in [0.29, 0.717) is 21.9 Å². The molecule has 1 aromatic heterocycles. The molecular formula is C26H16O3. The van der Waals surface area contributed by atoms with Crippen LogP contribution in [0.5, 0.6) is 11.5 Å². The molecule has 0 bridgehead atoms. The first-order valence-electron chi connectivity index (χ1n) is 9.62. The minimum atomic E-state index is -0.0220. The Bertz CT molecular complexity index is 1480. The zero-order valence-corrected chi connectivity index (χ0v) is 15.5. The van der Waals surface area contributed by atoms with Gasteiger partial charge in [-0.15, -0.1) is 0 Å². The van der Waals surface area contributed by atoms with E-state index in [1.165, 1.54) is 5.56 Å². The van der Waals surface area contributed by atoms with Crippen LogP contribution in [-0.4, -0.2) is 0 Å². The van der Waals surface area contributed by atoms with Crippen LogP contribution >= 0.6 is 0 Å². The highest BCUT2D eigenvalue weighted by atomic mass is 16.5. The van der Waals surface area contributed by atoms with E-state index in [2.05, 4.69) is 12.1 Å². The SMILES string of the molecule is O=c1c2ccccc2oc2cccc(-c3cccc4c3Oc3ccccc3C4)c12. The zero-order valence-electron chi connectivity index (χ0n) is 15.5. The number of benzene rings is 4. The molecule has 0 saturated carbocycles. The Hall–Kier alpha value is -3.85. The van der Waals surface area contributed by atoms with Gasteiger partial charge in [-0.3, -0.25) is 4.79 Å². The van der Waals surface area contributed by atoms with E-state index in [0.717, 1.165) is 34.6 Å². The molecule has 0 N–H and O–H groups in total. The van der Waals surface area contributed by atoms with Gasteiger partial charge in [0, 0.05) is 17.5 Å². The molecule has 3 nitrogen and oxygen atoms in total. The van der Waals surface area contributed by atoms with Crippen LogP contribution in [0.15, 0.2) is 94.1 Å². The van der Waals surface area contributed by atoms with E-state index >= 15 is 0 Å². The van der Waals surface area contributed by atoms with Gasteiger partial charge in [-0.05, 0) is 35.4 Å². The smallest absolute Gasteiger partial charge is 0.201 e. The highest BCUT2D eigenvalue weighted by Crippen LogP contribution is 2.43. The van der Waals surface area contributed by atoms with Gasteiger partial charge in [0.25, 0.3) is 0 Å². The second-order valence-electron chi connectivity index (χ2n) is 7.29. The maximum Gasteiger partial charge on any atom is 0.201 e. The maximum atomic E-state index is 13.3. The van der Waals surface area contributed by atoms with E-state index < -0.39 is 0 Å². The van der Waals surface area contributed by atoms with Crippen molar-refractivity contribution in [3.8, 4) is 22.6 Å². The van der Waals surface area contributed by atoms with Crippen LogP contribution < -0.4 is 10.2 Å². The second kappa shape index (κ2) is 6.08. The quantitative estimate of drug-likeness (QED) is 0.316. The van der Waals surface area contributed by atoms with Gasteiger partial charge in [0.2, 0.25) is 5.43 Å². The van der Waals surface area contributed by atoms with Gasteiger partial charge >= 0.3 is 0 Å². The highest BCUT2D eigenvalue weighted by molar-refractivity contribution is 6.00. The number of fused-ring (bicyclic) bond motifs is 4. The van der Waals surface area contributed by atoms with Crippen LogP contribution in [0.2, 0.25) is 0 Å². The molecule has 0 spiro atoms. The molecule has 5 aromatic rings. The molecule has 2 heterocycles. The lowest BCUT2D eigenvalue weighted by molar-refractivity contribution is 0.462. The summed E-state index contributed by atoms with van der Waals surface area (Å²) in [4.78, 5) is 13.3. The lowest BCUT2D eigenvalue weighted by Crippen LogP contribution is -2.06. The summed E-state index contributed by atoms with van der Waals surface area (Å²) in [5.41, 5.74) is 5.18. The molecule has 0 unspecified atom stereocenters. The third-order valence-corrected chi connectivity index (χ3v) is 5.56. The minimum absolute atomic E-state index is 0.0220. The molecular weight excluding hydrogens is 360 g/mol. The van der Waals surface area contributed by atoms with Crippen molar-refractivity contribution < 1.29 is 9.15 Å². The third-order valence-electron chi connectivity index (χ3n) is 5.56. The van der Waals surface area contributed by atoms with Crippen molar-refractivity contribution in [1.29, 1.82) is 0 Å². The van der Waals surface area contributed by atoms with Gasteiger partial charge in [0.1, 0.15) is 22.7 Å². The third kappa shape index (κ3) is 2.41. The van der Waals surface area contributed by atoms with Crippen LogP contribution in [0.3, 0.4) is 0 Å². The Balaban J connectivity index is 1.65. The maximum absolute atomic E-state index is 13.3. The Kier molecular flexibility index (Phi) is 3.38. The van der Waals surface area contributed by atoms with Crippen molar-refractivity contribution in [2.45, 2.75) is 6.42 Å². The number of para-hydroxylation sites is 3. The Morgan fingerprint density at radius 1 is 0.655 bits per heavy atom. The predicted octanol–water partition coefficient (Wildman–Crippen LogP) is 6.31. The summed E-state index contributed by atoms with van der Waals surface area (Å²) in [6, 6.07) is 27.3. The lowest BCUT2D eigenvalue weighted by atomic mass is 9.93. The number of rotatable bonds is 1. The Morgan fingerprint density at radius 2 is 1.38 bits per heavy atom. The Labute approximate surface area is 166 Å². The molecule has 3 heteroatoms. The summed E-state index contributed by atoms with van der Waals surface area (Å²) in [7, 11) is 0. The topological polar surface area (TPSA) is 39.4 Å². The standard InChI is InChI=1S/C26H16O3/c27-25-20-9-2-4-13-22(20)28-23-14-6-10-18(24(23)25)19-11-5-8-17-15-16-7-1-3-12-21(16)29-26(17)19/h1-14H,15H2. The average molecular weight is 376 g/mol. The summed E-state index contributed by atoms with van der Waals surface area (Å²) >= 11 is 0. The van der Waals surface area contributed by atoms with E-state index in [1.54, 1.807) is 0 Å².